The minimum atomic E-state index is -0.589. The summed E-state index contributed by atoms with van der Waals surface area (Å²) in [5, 5.41) is 21.4. The number of nitro groups is 1. The quantitative estimate of drug-likeness (QED) is 0.0503. The Kier molecular flexibility index (Phi) is 21.5. The second-order valence-corrected chi connectivity index (χ2v) is 12.2. The van der Waals surface area contributed by atoms with E-state index in [9.17, 15) is 43.7 Å². The van der Waals surface area contributed by atoms with E-state index in [4.69, 9.17) is 14.2 Å². The summed E-state index contributed by atoms with van der Waals surface area (Å²) in [6.07, 6.45) is 0. The van der Waals surface area contributed by atoms with Crippen LogP contribution in [0.4, 0.5) is 11.4 Å². The van der Waals surface area contributed by atoms with Gasteiger partial charge in [0.1, 0.15) is 19.6 Å². The Morgan fingerprint density at radius 3 is 1.11 bits per heavy atom. The van der Waals surface area contributed by atoms with Crippen LogP contribution in [-0.2, 0) is 47.8 Å². The van der Waals surface area contributed by atoms with Gasteiger partial charge in [0, 0.05) is 70.2 Å². The van der Waals surface area contributed by atoms with E-state index in [0.717, 1.165) is 0 Å². The number of anilines is 1. The zero-order valence-corrected chi connectivity index (χ0v) is 31.7. The minimum Gasteiger partial charge on any atom is -0.465 e. The van der Waals surface area contributed by atoms with Crippen LogP contribution in [0.5, 0.6) is 0 Å². The number of nitrogens with one attached hydrogen (secondary N) is 4. The molecule has 2 rings (SSSR count). The Morgan fingerprint density at radius 1 is 0.545 bits per heavy atom. The van der Waals surface area contributed by atoms with Crippen molar-refractivity contribution in [1.82, 2.24) is 35.6 Å². The molecular formula is C34H53N9O12. The van der Waals surface area contributed by atoms with Gasteiger partial charge in [0.2, 0.25) is 23.6 Å². The molecule has 306 valence electrons. The maximum Gasteiger partial charge on any atom is 0.325 e. The first-order valence-electron chi connectivity index (χ1n) is 18.0. The number of hydrogen-bond acceptors (Lipinski definition) is 16. The van der Waals surface area contributed by atoms with E-state index in [0.29, 0.717) is 5.69 Å². The number of hydrogen-bond donors (Lipinski definition) is 4. The van der Waals surface area contributed by atoms with E-state index >= 15 is 0 Å². The standard InChI is InChI=1S/C34H53N9O12/c1-4-53-32(48)19-35-28(44)22-39-11-13-40(23-29(45)36-20-33(49)54-5-2)15-17-42(25-31(47)38-26-7-9-27(10-8-26)43(51)52)18-16-41(14-12-39)24-30(46)37-21-34(50)55-6-3/h7-10H,4-6,11-25H2,1-3H3,(H,35,44)(H,36,45)(H,37,46)(H,38,47). The highest BCUT2D eigenvalue weighted by atomic mass is 16.6. The summed E-state index contributed by atoms with van der Waals surface area (Å²) in [5.41, 5.74) is 0.228. The number of carbonyl (C=O) groups excluding carboxylic acids is 7. The second-order valence-electron chi connectivity index (χ2n) is 12.2. The number of non-ortho nitro benzene ring substituents is 1. The van der Waals surface area contributed by atoms with Crippen molar-refractivity contribution >= 4 is 52.9 Å². The van der Waals surface area contributed by atoms with Crippen LogP contribution >= 0.6 is 0 Å². The Hall–Kier alpha value is -5.25. The molecule has 4 amide bonds. The maximum atomic E-state index is 13.2. The molecule has 0 spiro atoms. The molecule has 4 N–H and O–H groups in total. The lowest BCUT2D eigenvalue weighted by Gasteiger charge is -2.33. The van der Waals surface area contributed by atoms with Gasteiger partial charge in [-0.25, -0.2) is 0 Å². The van der Waals surface area contributed by atoms with Gasteiger partial charge in [-0.05, 0) is 32.9 Å². The summed E-state index contributed by atoms with van der Waals surface area (Å²) >= 11 is 0. The van der Waals surface area contributed by atoms with E-state index in [-0.39, 0.29) is 124 Å². The van der Waals surface area contributed by atoms with Gasteiger partial charge in [-0.15, -0.1) is 0 Å². The first-order valence-corrected chi connectivity index (χ1v) is 18.0. The van der Waals surface area contributed by atoms with Gasteiger partial charge in [0.05, 0.1) is 50.9 Å². The van der Waals surface area contributed by atoms with Crippen LogP contribution < -0.4 is 21.3 Å². The molecule has 0 atom stereocenters. The van der Waals surface area contributed by atoms with Crippen LogP contribution in [-0.4, -0.2) is 184 Å². The second kappa shape index (κ2) is 25.7. The largest absolute Gasteiger partial charge is 0.465 e. The zero-order chi connectivity index (χ0) is 40.6. The number of carbonyl (C=O) groups is 7. The van der Waals surface area contributed by atoms with Crippen molar-refractivity contribution in [2.45, 2.75) is 20.8 Å². The Morgan fingerprint density at radius 2 is 0.836 bits per heavy atom. The molecule has 55 heavy (non-hydrogen) atoms. The molecule has 0 unspecified atom stereocenters. The van der Waals surface area contributed by atoms with Crippen molar-refractivity contribution in [3.8, 4) is 0 Å². The van der Waals surface area contributed by atoms with E-state index < -0.39 is 46.5 Å². The lowest BCUT2D eigenvalue weighted by Crippen LogP contribution is -2.51. The molecule has 21 heteroatoms. The average molecular weight is 780 g/mol. The van der Waals surface area contributed by atoms with Crippen molar-refractivity contribution in [2.75, 3.05) is 123 Å². The molecule has 1 aromatic carbocycles. The van der Waals surface area contributed by atoms with Crippen LogP contribution in [0.25, 0.3) is 0 Å². The molecule has 1 heterocycles. The van der Waals surface area contributed by atoms with Gasteiger partial charge in [-0.1, -0.05) is 0 Å². The monoisotopic (exact) mass is 779 g/mol. The third-order valence-corrected chi connectivity index (χ3v) is 7.97. The SMILES string of the molecule is CCOC(=O)CNC(=O)CN1CCN(CC(=O)NCC(=O)OCC)CCN(CC(=O)Nc2ccc([N+](=O)[O-])cc2)CCN(CC(=O)NCC(=O)OCC)CC1. The topological polar surface area (TPSA) is 251 Å². The molecule has 0 aliphatic carbocycles. The number of rotatable bonds is 19. The number of ether oxygens (including phenoxy) is 3. The highest BCUT2D eigenvalue weighted by Crippen LogP contribution is 2.15. The predicted molar refractivity (Wildman–Crippen MR) is 196 cm³/mol. The van der Waals surface area contributed by atoms with Gasteiger partial charge >= 0.3 is 17.9 Å². The summed E-state index contributed by atoms with van der Waals surface area (Å²) in [5.74, 6) is -3.50. The van der Waals surface area contributed by atoms with Crippen LogP contribution in [0.1, 0.15) is 20.8 Å². The van der Waals surface area contributed by atoms with E-state index in [1.165, 1.54) is 24.3 Å². The lowest BCUT2D eigenvalue weighted by atomic mass is 10.2. The molecule has 0 bridgehead atoms. The Balaban J connectivity index is 2.27. The van der Waals surface area contributed by atoms with Crippen molar-refractivity contribution in [3.05, 3.63) is 34.4 Å². The molecule has 1 saturated heterocycles. The fourth-order valence-electron chi connectivity index (χ4n) is 5.21. The van der Waals surface area contributed by atoms with Crippen molar-refractivity contribution < 1.29 is 52.7 Å². The number of benzene rings is 1. The first kappa shape index (κ1) is 45.9. The third kappa shape index (κ3) is 20.1. The molecule has 1 aliphatic rings. The number of esters is 3. The van der Waals surface area contributed by atoms with Gasteiger partial charge in [0.15, 0.2) is 0 Å². The van der Waals surface area contributed by atoms with Crippen LogP contribution in [0.3, 0.4) is 0 Å². The number of amides is 4. The molecule has 0 aromatic heterocycles. The smallest absolute Gasteiger partial charge is 0.325 e. The van der Waals surface area contributed by atoms with Crippen molar-refractivity contribution in [3.63, 3.8) is 0 Å². The molecule has 1 aromatic rings. The molecule has 0 radical (unpaired) electrons. The third-order valence-electron chi connectivity index (χ3n) is 7.97. The van der Waals surface area contributed by atoms with E-state index in [1.54, 1.807) is 20.8 Å². The highest BCUT2D eigenvalue weighted by Gasteiger charge is 2.22. The van der Waals surface area contributed by atoms with Crippen LogP contribution in [0.2, 0.25) is 0 Å². The summed E-state index contributed by atoms with van der Waals surface area (Å²) in [6.45, 7) is 6.29. The zero-order valence-electron chi connectivity index (χ0n) is 31.7. The molecule has 0 saturated carbocycles. The average Bonchev–Trinajstić information content (AvgIpc) is 3.13. The Bertz CT molecular complexity index is 1390. The van der Waals surface area contributed by atoms with Gasteiger partial charge in [-0.2, -0.15) is 0 Å². The van der Waals surface area contributed by atoms with E-state index in [1.807, 2.05) is 19.6 Å². The van der Waals surface area contributed by atoms with Gasteiger partial charge in [-0.3, -0.25) is 63.3 Å². The molecule has 21 nitrogen and oxygen atoms in total. The summed E-state index contributed by atoms with van der Waals surface area (Å²) in [7, 11) is 0. The van der Waals surface area contributed by atoms with Crippen LogP contribution in [0.15, 0.2) is 24.3 Å². The number of nitrogens with zero attached hydrogens (tertiary/aromatic N) is 5. The van der Waals surface area contributed by atoms with Crippen molar-refractivity contribution in [2.24, 2.45) is 0 Å². The molecular weight excluding hydrogens is 726 g/mol. The van der Waals surface area contributed by atoms with Gasteiger partial charge in [0.25, 0.3) is 5.69 Å². The molecule has 1 aliphatic heterocycles. The maximum absolute atomic E-state index is 13.2. The van der Waals surface area contributed by atoms with E-state index in [2.05, 4.69) is 21.3 Å². The van der Waals surface area contributed by atoms with Gasteiger partial charge < -0.3 is 35.5 Å². The summed E-state index contributed by atoms with van der Waals surface area (Å²) < 4.78 is 14.7. The minimum absolute atomic E-state index is 0.102. The summed E-state index contributed by atoms with van der Waals surface area (Å²) in [4.78, 5) is 105. The fraction of sp³-hybridized carbons (Fsp3) is 0.618. The van der Waals surface area contributed by atoms with Crippen LogP contribution in [0, 0.1) is 10.1 Å². The lowest BCUT2D eigenvalue weighted by molar-refractivity contribution is -0.384. The normalized spacial score (nSPS) is 15.0. The summed E-state index contributed by atoms with van der Waals surface area (Å²) in [6, 6.07) is 5.38. The number of nitro benzene ring substituents is 1. The first-order chi connectivity index (χ1) is 26.3. The Labute approximate surface area is 319 Å². The van der Waals surface area contributed by atoms with Crippen molar-refractivity contribution in [1.29, 1.82) is 0 Å². The fourth-order valence-corrected chi connectivity index (χ4v) is 5.21. The highest BCUT2D eigenvalue weighted by molar-refractivity contribution is 5.92. The predicted octanol–water partition coefficient (Wildman–Crippen LogP) is -2.21. The molecule has 1 fully saturated rings.